The minimum atomic E-state index is -0.0451. The SMILES string of the molecule is CCCN(CC1CC(c2ccc(Cl)cc2)=NO1)C(=O)C1CCC1. The summed E-state index contributed by atoms with van der Waals surface area (Å²) in [6.07, 6.45) is 4.92. The first kappa shape index (κ1) is 16.3. The molecule has 2 aliphatic rings. The Balaban J connectivity index is 1.57. The molecule has 3 rings (SSSR count). The first-order valence-corrected chi connectivity index (χ1v) is 8.82. The normalized spacial score (nSPS) is 20.6. The number of amides is 1. The van der Waals surface area contributed by atoms with Crippen molar-refractivity contribution < 1.29 is 9.63 Å². The van der Waals surface area contributed by atoms with E-state index in [2.05, 4.69) is 12.1 Å². The van der Waals surface area contributed by atoms with Crippen LogP contribution in [0.15, 0.2) is 29.4 Å². The molecule has 0 aromatic heterocycles. The summed E-state index contributed by atoms with van der Waals surface area (Å²) in [4.78, 5) is 20.0. The van der Waals surface area contributed by atoms with Crippen LogP contribution >= 0.6 is 11.6 Å². The smallest absolute Gasteiger partial charge is 0.225 e. The monoisotopic (exact) mass is 334 g/mol. The number of hydrogen-bond acceptors (Lipinski definition) is 3. The standard InChI is InChI=1S/C18H23ClN2O2/c1-2-10-21(18(22)14-4-3-5-14)12-16-11-17(20-23-16)13-6-8-15(19)9-7-13/h6-9,14,16H,2-5,10-12H2,1H3. The summed E-state index contributed by atoms with van der Waals surface area (Å²) in [6.45, 7) is 3.53. The predicted octanol–water partition coefficient (Wildman–Crippen LogP) is 3.87. The molecule has 1 aliphatic carbocycles. The Labute approximate surface area is 142 Å². The highest BCUT2D eigenvalue weighted by molar-refractivity contribution is 6.30. The third-order valence-electron chi connectivity index (χ3n) is 4.59. The van der Waals surface area contributed by atoms with Crippen molar-refractivity contribution in [1.82, 2.24) is 4.90 Å². The number of halogens is 1. The number of carbonyl (C=O) groups is 1. The van der Waals surface area contributed by atoms with Gasteiger partial charge in [0.15, 0.2) is 6.10 Å². The molecule has 1 unspecified atom stereocenters. The molecule has 0 N–H and O–H groups in total. The Morgan fingerprint density at radius 1 is 1.35 bits per heavy atom. The molecule has 1 aromatic carbocycles. The molecule has 0 saturated heterocycles. The largest absolute Gasteiger partial charge is 0.390 e. The quantitative estimate of drug-likeness (QED) is 0.792. The van der Waals surface area contributed by atoms with Gasteiger partial charge >= 0.3 is 0 Å². The van der Waals surface area contributed by atoms with Crippen LogP contribution in [0.5, 0.6) is 0 Å². The number of rotatable bonds is 6. The van der Waals surface area contributed by atoms with Gasteiger partial charge in [0.05, 0.1) is 12.3 Å². The number of hydrogen-bond donors (Lipinski definition) is 0. The van der Waals surface area contributed by atoms with Crippen LogP contribution in [0.2, 0.25) is 5.02 Å². The van der Waals surface area contributed by atoms with Crippen molar-refractivity contribution in [2.24, 2.45) is 11.1 Å². The van der Waals surface area contributed by atoms with Crippen LogP contribution in [0, 0.1) is 5.92 Å². The van der Waals surface area contributed by atoms with Gasteiger partial charge in [-0.1, -0.05) is 42.2 Å². The van der Waals surface area contributed by atoms with E-state index in [1.807, 2.05) is 29.2 Å². The van der Waals surface area contributed by atoms with Crippen molar-refractivity contribution in [3.8, 4) is 0 Å². The predicted molar refractivity (Wildman–Crippen MR) is 91.7 cm³/mol. The van der Waals surface area contributed by atoms with E-state index in [0.717, 1.165) is 43.5 Å². The number of benzene rings is 1. The van der Waals surface area contributed by atoms with E-state index >= 15 is 0 Å². The summed E-state index contributed by atoms with van der Waals surface area (Å²) in [6, 6.07) is 7.62. The zero-order chi connectivity index (χ0) is 16.2. The first-order valence-electron chi connectivity index (χ1n) is 8.44. The van der Waals surface area contributed by atoms with Crippen molar-refractivity contribution in [1.29, 1.82) is 0 Å². The molecule has 23 heavy (non-hydrogen) atoms. The minimum Gasteiger partial charge on any atom is -0.390 e. The molecule has 1 amide bonds. The second kappa shape index (κ2) is 7.35. The first-order chi connectivity index (χ1) is 11.2. The molecular formula is C18H23ClN2O2. The zero-order valence-corrected chi connectivity index (χ0v) is 14.3. The lowest BCUT2D eigenvalue weighted by molar-refractivity contribution is -0.140. The van der Waals surface area contributed by atoms with Gasteiger partial charge < -0.3 is 9.74 Å². The maximum Gasteiger partial charge on any atom is 0.225 e. The molecule has 1 fully saturated rings. The maximum atomic E-state index is 12.5. The summed E-state index contributed by atoms with van der Waals surface area (Å²) in [7, 11) is 0. The van der Waals surface area contributed by atoms with Gasteiger partial charge in [0.1, 0.15) is 0 Å². The van der Waals surface area contributed by atoms with Crippen LogP contribution in [-0.2, 0) is 9.63 Å². The molecule has 124 valence electrons. The van der Waals surface area contributed by atoms with Crippen LogP contribution in [0.1, 0.15) is 44.6 Å². The van der Waals surface area contributed by atoms with E-state index in [9.17, 15) is 4.79 Å². The van der Waals surface area contributed by atoms with Gasteiger partial charge in [0, 0.05) is 23.9 Å². The molecule has 4 nitrogen and oxygen atoms in total. The molecule has 5 heteroatoms. The Morgan fingerprint density at radius 3 is 2.70 bits per heavy atom. The van der Waals surface area contributed by atoms with Gasteiger partial charge in [-0.05, 0) is 37.0 Å². The highest BCUT2D eigenvalue weighted by Crippen LogP contribution is 2.29. The summed E-state index contributed by atoms with van der Waals surface area (Å²) in [5.74, 6) is 0.529. The topological polar surface area (TPSA) is 41.9 Å². The van der Waals surface area contributed by atoms with E-state index in [1.165, 1.54) is 6.42 Å². The van der Waals surface area contributed by atoms with Gasteiger partial charge in [-0.3, -0.25) is 4.79 Å². The molecule has 1 aromatic rings. The summed E-state index contributed by atoms with van der Waals surface area (Å²) in [5.41, 5.74) is 1.96. The van der Waals surface area contributed by atoms with Crippen LogP contribution in [-0.4, -0.2) is 35.7 Å². The maximum absolute atomic E-state index is 12.5. The van der Waals surface area contributed by atoms with E-state index in [1.54, 1.807) is 0 Å². The Morgan fingerprint density at radius 2 is 2.09 bits per heavy atom. The van der Waals surface area contributed by atoms with Crippen molar-refractivity contribution in [2.75, 3.05) is 13.1 Å². The fraction of sp³-hybridized carbons (Fsp3) is 0.556. The Hall–Kier alpha value is -1.55. The lowest BCUT2D eigenvalue weighted by Crippen LogP contribution is -2.43. The number of nitrogens with zero attached hydrogens (tertiary/aromatic N) is 2. The van der Waals surface area contributed by atoms with Crippen molar-refractivity contribution in [3.05, 3.63) is 34.9 Å². The van der Waals surface area contributed by atoms with E-state index in [0.29, 0.717) is 17.5 Å². The molecule has 0 radical (unpaired) electrons. The molecule has 1 aliphatic heterocycles. The molecular weight excluding hydrogens is 312 g/mol. The van der Waals surface area contributed by atoms with E-state index in [4.69, 9.17) is 16.4 Å². The third-order valence-corrected chi connectivity index (χ3v) is 4.85. The lowest BCUT2D eigenvalue weighted by Gasteiger charge is -2.32. The second-order valence-electron chi connectivity index (χ2n) is 6.39. The summed E-state index contributed by atoms with van der Waals surface area (Å²) >= 11 is 5.92. The van der Waals surface area contributed by atoms with Crippen LogP contribution in [0.25, 0.3) is 0 Å². The summed E-state index contributed by atoms with van der Waals surface area (Å²) < 4.78 is 0. The highest BCUT2D eigenvalue weighted by Gasteiger charge is 2.32. The van der Waals surface area contributed by atoms with Gasteiger partial charge in [0.2, 0.25) is 5.91 Å². The van der Waals surface area contributed by atoms with Crippen LogP contribution in [0.3, 0.4) is 0 Å². The summed E-state index contributed by atoms with van der Waals surface area (Å²) in [5, 5.41) is 4.92. The minimum absolute atomic E-state index is 0.0451. The molecule has 1 atom stereocenters. The van der Waals surface area contributed by atoms with Gasteiger partial charge in [-0.2, -0.15) is 0 Å². The molecule has 0 bridgehead atoms. The highest BCUT2D eigenvalue weighted by atomic mass is 35.5. The Bertz CT molecular complexity index is 581. The van der Waals surface area contributed by atoms with Crippen molar-refractivity contribution in [3.63, 3.8) is 0 Å². The Kier molecular flexibility index (Phi) is 5.21. The van der Waals surface area contributed by atoms with Gasteiger partial charge in [-0.25, -0.2) is 0 Å². The van der Waals surface area contributed by atoms with Gasteiger partial charge in [0.25, 0.3) is 0 Å². The average Bonchev–Trinajstić information content (AvgIpc) is 2.94. The number of oxime groups is 1. The van der Waals surface area contributed by atoms with E-state index in [-0.39, 0.29) is 12.0 Å². The van der Waals surface area contributed by atoms with Crippen LogP contribution < -0.4 is 0 Å². The van der Waals surface area contributed by atoms with Crippen molar-refractivity contribution in [2.45, 2.75) is 45.1 Å². The number of carbonyl (C=O) groups excluding carboxylic acids is 1. The average molecular weight is 335 g/mol. The molecule has 1 saturated carbocycles. The zero-order valence-electron chi connectivity index (χ0n) is 13.5. The second-order valence-corrected chi connectivity index (χ2v) is 6.82. The van der Waals surface area contributed by atoms with E-state index < -0.39 is 0 Å². The fourth-order valence-corrected chi connectivity index (χ4v) is 3.19. The fourth-order valence-electron chi connectivity index (χ4n) is 3.06. The lowest BCUT2D eigenvalue weighted by atomic mass is 9.84. The van der Waals surface area contributed by atoms with Gasteiger partial charge in [-0.15, -0.1) is 0 Å². The third kappa shape index (κ3) is 3.86. The molecule has 1 heterocycles. The molecule has 0 spiro atoms. The van der Waals surface area contributed by atoms with Crippen LogP contribution in [0.4, 0.5) is 0 Å². The van der Waals surface area contributed by atoms with Crippen molar-refractivity contribution >= 4 is 23.2 Å².